The Balaban J connectivity index is 2.40. The molecule has 18 heavy (non-hydrogen) atoms. The molecule has 0 unspecified atom stereocenters. The summed E-state index contributed by atoms with van der Waals surface area (Å²) in [6, 6.07) is 6.75. The van der Waals surface area contributed by atoms with Gasteiger partial charge in [0.2, 0.25) is 0 Å². The smallest absolute Gasteiger partial charge is 0.263 e. The van der Waals surface area contributed by atoms with Crippen LogP contribution in [0.3, 0.4) is 0 Å². The lowest BCUT2D eigenvalue weighted by Crippen LogP contribution is -2.13. The predicted octanol–water partition coefficient (Wildman–Crippen LogP) is 2.77. The Morgan fingerprint density at radius 2 is 2.11 bits per heavy atom. The van der Waals surface area contributed by atoms with Gasteiger partial charge in [-0.3, -0.25) is 4.72 Å². The summed E-state index contributed by atoms with van der Waals surface area (Å²) < 4.78 is 27.5. The molecule has 0 aliphatic carbocycles. The van der Waals surface area contributed by atoms with E-state index in [1.54, 1.807) is 29.6 Å². The first-order valence-electron chi connectivity index (χ1n) is 5.06. The van der Waals surface area contributed by atoms with Crippen molar-refractivity contribution in [1.29, 1.82) is 0 Å². The predicted molar refractivity (Wildman–Crippen MR) is 77.2 cm³/mol. The highest BCUT2D eigenvalue weighted by molar-refractivity contribution is 9.10. The molecule has 1 aromatic carbocycles. The summed E-state index contributed by atoms with van der Waals surface area (Å²) in [5.41, 5.74) is 6.85. The molecule has 0 aliphatic heterocycles. The van der Waals surface area contributed by atoms with Gasteiger partial charge >= 0.3 is 0 Å². The molecule has 7 heteroatoms. The van der Waals surface area contributed by atoms with Crippen LogP contribution in [-0.4, -0.2) is 8.42 Å². The standard InChI is InChI=1S/C11H11BrN2O2S2/c12-10-2-1-8(6-13)5-11(10)18(15,16)14-9-3-4-17-7-9/h1-5,7,14H,6,13H2. The van der Waals surface area contributed by atoms with Gasteiger partial charge in [-0.1, -0.05) is 6.07 Å². The van der Waals surface area contributed by atoms with Gasteiger partial charge < -0.3 is 5.73 Å². The largest absolute Gasteiger partial charge is 0.326 e. The lowest BCUT2D eigenvalue weighted by Gasteiger charge is -2.09. The number of sulfonamides is 1. The maximum atomic E-state index is 12.2. The van der Waals surface area contributed by atoms with Gasteiger partial charge in [0, 0.05) is 16.4 Å². The van der Waals surface area contributed by atoms with E-state index in [-0.39, 0.29) is 4.90 Å². The zero-order valence-electron chi connectivity index (χ0n) is 9.26. The van der Waals surface area contributed by atoms with E-state index < -0.39 is 10.0 Å². The van der Waals surface area contributed by atoms with Crippen LogP contribution >= 0.6 is 27.3 Å². The average molecular weight is 347 g/mol. The van der Waals surface area contributed by atoms with Crippen molar-refractivity contribution in [3.63, 3.8) is 0 Å². The molecule has 96 valence electrons. The number of anilines is 1. The zero-order valence-corrected chi connectivity index (χ0v) is 12.5. The van der Waals surface area contributed by atoms with Crippen LogP contribution in [-0.2, 0) is 16.6 Å². The van der Waals surface area contributed by atoms with E-state index in [4.69, 9.17) is 5.73 Å². The van der Waals surface area contributed by atoms with Crippen LogP contribution in [0.2, 0.25) is 0 Å². The summed E-state index contributed by atoms with van der Waals surface area (Å²) in [6.07, 6.45) is 0. The van der Waals surface area contributed by atoms with E-state index in [1.165, 1.54) is 11.3 Å². The highest BCUT2D eigenvalue weighted by Gasteiger charge is 2.18. The van der Waals surface area contributed by atoms with Crippen LogP contribution < -0.4 is 10.5 Å². The Morgan fingerprint density at radius 1 is 1.33 bits per heavy atom. The van der Waals surface area contributed by atoms with E-state index in [0.29, 0.717) is 16.7 Å². The molecule has 0 fully saturated rings. The first-order chi connectivity index (χ1) is 8.53. The molecule has 0 spiro atoms. The molecule has 0 atom stereocenters. The maximum Gasteiger partial charge on any atom is 0.263 e. The van der Waals surface area contributed by atoms with Gasteiger partial charge in [-0.2, -0.15) is 11.3 Å². The minimum atomic E-state index is -3.59. The Bertz CT molecular complexity index is 639. The van der Waals surface area contributed by atoms with E-state index in [2.05, 4.69) is 20.7 Å². The zero-order chi connectivity index (χ0) is 13.2. The molecule has 2 aromatic rings. The number of benzene rings is 1. The minimum Gasteiger partial charge on any atom is -0.326 e. The Labute approximate surface area is 118 Å². The molecule has 1 aromatic heterocycles. The number of hydrogen-bond donors (Lipinski definition) is 2. The van der Waals surface area contributed by atoms with Crippen LogP contribution in [0.5, 0.6) is 0 Å². The monoisotopic (exact) mass is 346 g/mol. The summed E-state index contributed by atoms with van der Waals surface area (Å²) >= 11 is 4.67. The van der Waals surface area contributed by atoms with Gasteiger partial charge in [-0.25, -0.2) is 8.42 Å². The van der Waals surface area contributed by atoms with Crippen molar-refractivity contribution in [2.75, 3.05) is 4.72 Å². The molecule has 0 bridgehead atoms. The third-order valence-electron chi connectivity index (χ3n) is 2.29. The summed E-state index contributed by atoms with van der Waals surface area (Å²) in [5.74, 6) is 0. The van der Waals surface area contributed by atoms with Crippen LogP contribution in [0, 0.1) is 0 Å². The van der Waals surface area contributed by atoms with Gasteiger partial charge in [0.05, 0.1) is 5.69 Å². The normalized spacial score (nSPS) is 11.4. The topological polar surface area (TPSA) is 72.2 Å². The number of rotatable bonds is 4. The average Bonchev–Trinajstić information content (AvgIpc) is 2.81. The summed E-state index contributed by atoms with van der Waals surface area (Å²) in [7, 11) is -3.59. The third-order valence-corrected chi connectivity index (χ3v) is 5.35. The van der Waals surface area contributed by atoms with E-state index in [1.807, 2.05) is 5.38 Å². The lowest BCUT2D eigenvalue weighted by atomic mass is 10.2. The van der Waals surface area contributed by atoms with E-state index >= 15 is 0 Å². The van der Waals surface area contributed by atoms with Crippen LogP contribution in [0.4, 0.5) is 5.69 Å². The van der Waals surface area contributed by atoms with Crippen molar-refractivity contribution in [3.05, 3.63) is 45.1 Å². The molecule has 0 aliphatic rings. The van der Waals surface area contributed by atoms with Crippen LogP contribution in [0.25, 0.3) is 0 Å². The van der Waals surface area contributed by atoms with Crippen molar-refractivity contribution >= 4 is 43.0 Å². The van der Waals surface area contributed by atoms with Gasteiger partial charge in [-0.05, 0) is 45.1 Å². The van der Waals surface area contributed by atoms with Crippen molar-refractivity contribution in [3.8, 4) is 0 Å². The molecule has 4 nitrogen and oxygen atoms in total. The van der Waals surface area contributed by atoms with Gasteiger partial charge in [0.1, 0.15) is 4.90 Å². The molecule has 0 saturated carbocycles. The Kier molecular flexibility index (Phi) is 4.06. The molecule has 0 radical (unpaired) electrons. The second kappa shape index (κ2) is 5.40. The van der Waals surface area contributed by atoms with Crippen molar-refractivity contribution in [2.45, 2.75) is 11.4 Å². The third kappa shape index (κ3) is 2.92. The first kappa shape index (κ1) is 13.5. The highest BCUT2D eigenvalue weighted by Crippen LogP contribution is 2.26. The molecule has 1 heterocycles. The molecular weight excluding hydrogens is 336 g/mol. The number of thiophene rings is 1. The van der Waals surface area contributed by atoms with Gasteiger partial charge in [0.15, 0.2) is 0 Å². The summed E-state index contributed by atoms with van der Waals surface area (Å²) in [5, 5.41) is 3.54. The first-order valence-corrected chi connectivity index (χ1v) is 8.28. The summed E-state index contributed by atoms with van der Waals surface area (Å²) in [4.78, 5) is 0.191. The quantitative estimate of drug-likeness (QED) is 0.893. The second-order valence-corrected chi connectivity index (χ2v) is 6.87. The van der Waals surface area contributed by atoms with E-state index in [9.17, 15) is 8.42 Å². The number of halogens is 1. The van der Waals surface area contributed by atoms with E-state index in [0.717, 1.165) is 5.56 Å². The second-order valence-electron chi connectivity index (χ2n) is 3.59. The SMILES string of the molecule is NCc1ccc(Br)c(S(=O)(=O)Nc2ccsc2)c1. The van der Waals surface area contributed by atoms with Crippen LogP contribution in [0.15, 0.2) is 44.4 Å². The van der Waals surface area contributed by atoms with Crippen molar-refractivity contribution in [1.82, 2.24) is 0 Å². The number of nitrogens with two attached hydrogens (primary N) is 1. The minimum absolute atomic E-state index is 0.191. The molecular formula is C11H11BrN2O2S2. The van der Waals surface area contributed by atoms with Gasteiger partial charge in [-0.15, -0.1) is 0 Å². The summed E-state index contributed by atoms with van der Waals surface area (Å²) in [6.45, 7) is 0.300. The Morgan fingerprint density at radius 3 is 2.72 bits per heavy atom. The fourth-order valence-electron chi connectivity index (χ4n) is 1.41. The highest BCUT2D eigenvalue weighted by atomic mass is 79.9. The fourth-order valence-corrected chi connectivity index (χ4v) is 4.14. The van der Waals surface area contributed by atoms with Crippen LogP contribution in [0.1, 0.15) is 5.56 Å². The molecule has 2 rings (SSSR count). The number of hydrogen-bond acceptors (Lipinski definition) is 4. The lowest BCUT2D eigenvalue weighted by molar-refractivity contribution is 0.600. The maximum absolute atomic E-state index is 12.2. The molecule has 3 N–H and O–H groups in total. The fraction of sp³-hybridized carbons (Fsp3) is 0.0909. The van der Waals surface area contributed by atoms with Gasteiger partial charge in [0.25, 0.3) is 10.0 Å². The van der Waals surface area contributed by atoms with Crippen molar-refractivity contribution in [2.24, 2.45) is 5.73 Å². The molecule has 0 amide bonds. The Hall–Kier alpha value is -0.890. The van der Waals surface area contributed by atoms with Crippen molar-refractivity contribution < 1.29 is 8.42 Å². The number of nitrogens with one attached hydrogen (secondary N) is 1. The molecule has 0 saturated heterocycles.